The van der Waals surface area contributed by atoms with Crippen molar-refractivity contribution < 1.29 is 18.3 Å². The monoisotopic (exact) mass is 354 g/mol. The van der Waals surface area contributed by atoms with Gasteiger partial charge in [-0.3, -0.25) is 9.69 Å². The Hall–Kier alpha value is -1.69. The molecule has 1 N–H and O–H groups in total. The van der Waals surface area contributed by atoms with Crippen molar-refractivity contribution in [2.24, 2.45) is 0 Å². The number of amides is 1. The summed E-state index contributed by atoms with van der Waals surface area (Å²) in [6.45, 7) is 6.53. The molecular weight excluding hydrogens is 326 g/mol. The molecule has 0 bridgehead atoms. The molecule has 4 nitrogen and oxygen atoms in total. The lowest BCUT2D eigenvalue weighted by Gasteiger charge is -2.36. The lowest BCUT2D eigenvalue weighted by Crippen LogP contribution is -2.48. The van der Waals surface area contributed by atoms with Crippen molar-refractivity contribution in [3.8, 4) is 5.75 Å². The number of benzene rings is 1. The minimum Gasteiger partial charge on any atom is -0.481 e. The van der Waals surface area contributed by atoms with Crippen LogP contribution in [0.15, 0.2) is 18.2 Å². The lowest BCUT2D eigenvalue weighted by molar-refractivity contribution is -0.127. The lowest BCUT2D eigenvalue weighted by atomic mass is 10.0. The van der Waals surface area contributed by atoms with E-state index in [0.717, 1.165) is 38.1 Å². The van der Waals surface area contributed by atoms with Gasteiger partial charge in [0.1, 0.15) is 5.75 Å². The van der Waals surface area contributed by atoms with Crippen LogP contribution in [0.5, 0.6) is 5.75 Å². The summed E-state index contributed by atoms with van der Waals surface area (Å²) in [5.41, 5.74) is 0. The number of nitrogens with one attached hydrogen (secondary N) is 1. The van der Waals surface area contributed by atoms with E-state index in [1.807, 2.05) is 0 Å². The summed E-state index contributed by atoms with van der Waals surface area (Å²) in [5, 5.41) is 2.93. The van der Waals surface area contributed by atoms with Gasteiger partial charge in [0.25, 0.3) is 5.91 Å². The molecular formula is C19H28F2N2O2. The second-order valence-electron chi connectivity index (χ2n) is 6.62. The van der Waals surface area contributed by atoms with E-state index < -0.39 is 17.7 Å². The smallest absolute Gasteiger partial charge is 0.260 e. The zero-order chi connectivity index (χ0) is 18.2. The van der Waals surface area contributed by atoms with Gasteiger partial charge in [-0.1, -0.05) is 19.8 Å². The highest BCUT2D eigenvalue weighted by molar-refractivity contribution is 5.80. The second kappa shape index (κ2) is 9.70. The predicted octanol–water partition coefficient (Wildman–Crippen LogP) is 3.50. The first-order valence-electron chi connectivity index (χ1n) is 9.14. The highest BCUT2D eigenvalue weighted by atomic mass is 19.2. The van der Waals surface area contributed by atoms with E-state index in [4.69, 9.17) is 4.74 Å². The van der Waals surface area contributed by atoms with Gasteiger partial charge >= 0.3 is 0 Å². The molecule has 6 heteroatoms. The topological polar surface area (TPSA) is 41.6 Å². The van der Waals surface area contributed by atoms with Gasteiger partial charge in [-0.05, 0) is 51.4 Å². The number of unbranched alkanes of at least 4 members (excludes halogenated alkanes) is 1. The van der Waals surface area contributed by atoms with E-state index in [1.165, 1.54) is 25.3 Å². The van der Waals surface area contributed by atoms with Crippen LogP contribution < -0.4 is 10.1 Å². The van der Waals surface area contributed by atoms with Gasteiger partial charge in [-0.25, -0.2) is 8.78 Å². The number of piperidine rings is 1. The van der Waals surface area contributed by atoms with Gasteiger partial charge in [0.05, 0.1) is 0 Å². The Morgan fingerprint density at radius 2 is 2.16 bits per heavy atom. The summed E-state index contributed by atoms with van der Waals surface area (Å²) in [6, 6.07) is 3.62. The Balaban J connectivity index is 1.82. The van der Waals surface area contributed by atoms with E-state index in [2.05, 4.69) is 17.1 Å². The zero-order valence-electron chi connectivity index (χ0n) is 15.1. The average molecular weight is 354 g/mol. The Morgan fingerprint density at radius 1 is 1.36 bits per heavy atom. The molecule has 0 spiro atoms. The number of hydrogen-bond acceptors (Lipinski definition) is 3. The molecule has 1 aliphatic heterocycles. The average Bonchev–Trinajstić information content (AvgIpc) is 2.61. The minimum absolute atomic E-state index is 0.142. The van der Waals surface area contributed by atoms with Crippen molar-refractivity contribution in [3.63, 3.8) is 0 Å². The van der Waals surface area contributed by atoms with Crippen LogP contribution in [0.4, 0.5) is 8.78 Å². The SMILES string of the molecule is CCCCN1CCCCC1CNC(=O)C(C)Oc1ccc(F)c(F)c1. The highest BCUT2D eigenvalue weighted by Crippen LogP contribution is 2.18. The summed E-state index contributed by atoms with van der Waals surface area (Å²) in [7, 11) is 0. The number of carbonyl (C=O) groups is 1. The summed E-state index contributed by atoms with van der Waals surface area (Å²) >= 11 is 0. The molecule has 1 aliphatic rings. The fourth-order valence-electron chi connectivity index (χ4n) is 3.12. The molecule has 2 atom stereocenters. The van der Waals surface area contributed by atoms with E-state index in [0.29, 0.717) is 12.6 Å². The van der Waals surface area contributed by atoms with Crippen molar-refractivity contribution in [3.05, 3.63) is 29.8 Å². The van der Waals surface area contributed by atoms with Gasteiger partial charge in [0.2, 0.25) is 0 Å². The predicted molar refractivity (Wildman–Crippen MR) is 93.6 cm³/mol. The van der Waals surface area contributed by atoms with Gasteiger partial charge in [0.15, 0.2) is 17.7 Å². The maximum Gasteiger partial charge on any atom is 0.260 e. The number of rotatable bonds is 8. The molecule has 1 saturated heterocycles. The van der Waals surface area contributed by atoms with Gasteiger partial charge in [-0.2, -0.15) is 0 Å². The van der Waals surface area contributed by atoms with Crippen LogP contribution in [-0.2, 0) is 4.79 Å². The van der Waals surface area contributed by atoms with E-state index >= 15 is 0 Å². The van der Waals surface area contributed by atoms with E-state index in [-0.39, 0.29) is 11.7 Å². The molecule has 0 aliphatic carbocycles. The Bertz CT molecular complexity index is 568. The zero-order valence-corrected chi connectivity index (χ0v) is 15.1. The van der Waals surface area contributed by atoms with Crippen LogP contribution in [0, 0.1) is 11.6 Å². The molecule has 1 fully saturated rings. The number of ether oxygens (including phenoxy) is 1. The van der Waals surface area contributed by atoms with Crippen molar-refractivity contribution >= 4 is 5.91 Å². The second-order valence-corrected chi connectivity index (χ2v) is 6.62. The molecule has 1 aromatic carbocycles. The molecule has 1 heterocycles. The standard InChI is InChI=1S/C19H28F2N2O2/c1-3-4-10-23-11-6-5-7-15(23)13-22-19(24)14(2)25-16-8-9-17(20)18(21)12-16/h8-9,12,14-15H,3-7,10-11,13H2,1-2H3,(H,22,24). The quantitative estimate of drug-likeness (QED) is 0.777. The Kier molecular flexibility index (Phi) is 7.62. The number of nitrogens with zero attached hydrogens (tertiary/aromatic N) is 1. The number of hydrogen-bond donors (Lipinski definition) is 1. The fourth-order valence-corrected chi connectivity index (χ4v) is 3.12. The third-order valence-electron chi connectivity index (χ3n) is 4.63. The summed E-state index contributed by atoms with van der Waals surface area (Å²) < 4.78 is 31.5. The van der Waals surface area contributed by atoms with E-state index in [9.17, 15) is 13.6 Å². The third-order valence-corrected chi connectivity index (χ3v) is 4.63. The first-order chi connectivity index (χ1) is 12.0. The minimum atomic E-state index is -0.987. The van der Waals surface area contributed by atoms with Crippen LogP contribution in [0.2, 0.25) is 0 Å². The number of halogens is 2. The molecule has 140 valence electrons. The maximum atomic E-state index is 13.2. The van der Waals surface area contributed by atoms with Crippen LogP contribution in [-0.4, -0.2) is 42.6 Å². The summed E-state index contributed by atoms with van der Waals surface area (Å²) in [6.07, 6.45) is 5.04. The maximum absolute atomic E-state index is 13.2. The number of likely N-dealkylation sites (tertiary alicyclic amines) is 1. The van der Waals surface area contributed by atoms with E-state index in [1.54, 1.807) is 6.92 Å². The first kappa shape index (κ1) is 19.6. The summed E-state index contributed by atoms with van der Waals surface area (Å²) in [4.78, 5) is 14.7. The molecule has 2 rings (SSSR count). The van der Waals surface area contributed by atoms with Crippen LogP contribution in [0.25, 0.3) is 0 Å². The Labute approximate surface area is 148 Å². The van der Waals surface area contributed by atoms with Gasteiger partial charge in [0, 0.05) is 18.7 Å². The van der Waals surface area contributed by atoms with Crippen LogP contribution >= 0.6 is 0 Å². The molecule has 2 unspecified atom stereocenters. The van der Waals surface area contributed by atoms with Crippen LogP contribution in [0.3, 0.4) is 0 Å². The largest absolute Gasteiger partial charge is 0.481 e. The van der Waals surface area contributed by atoms with Gasteiger partial charge < -0.3 is 10.1 Å². The Morgan fingerprint density at radius 3 is 2.88 bits per heavy atom. The third kappa shape index (κ3) is 5.96. The fraction of sp³-hybridized carbons (Fsp3) is 0.632. The molecule has 1 aromatic rings. The molecule has 1 amide bonds. The molecule has 0 aromatic heterocycles. The van der Waals surface area contributed by atoms with Crippen LogP contribution in [0.1, 0.15) is 46.0 Å². The summed E-state index contributed by atoms with van der Waals surface area (Å²) in [5.74, 6) is -2.03. The molecule has 0 saturated carbocycles. The van der Waals surface area contributed by atoms with Crippen molar-refractivity contribution in [1.82, 2.24) is 10.2 Å². The highest BCUT2D eigenvalue weighted by Gasteiger charge is 2.23. The molecule has 25 heavy (non-hydrogen) atoms. The first-order valence-corrected chi connectivity index (χ1v) is 9.14. The van der Waals surface area contributed by atoms with Gasteiger partial charge in [-0.15, -0.1) is 0 Å². The van der Waals surface area contributed by atoms with Crippen molar-refractivity contribution in [1.29, 1.82) is 0 Å². The molecule has 0 radical (unpaired) electrons. The number of carbonyl (C=O) groups excluding carboxylic acids is 1. The normalized spacial score (nSPS) is 19.4. The van der Waals surface area contributed by atoms with Crippen molar-refractivity contribution in [2.75, 3.05) is 19.6 Å². The van der Waals surface area contributed by atoms with Crippen molar-refractivity contribution in [2.45, 2.75) is 58.1 Å².